The second-order valence-electron chi connectivity index (χ2n) is 6.46. The Bertz CT molecular complexity index is 695. The van der Waals surface area contributed by atoms with E-state index in [-0.39, 0.29) is 17.0 Å². The van der Waals surface area contributed by atoms with E-state index in [1.54, 1.807) is 36.2 Å². The van der Waals surface area contributed by atoms with E-state index in [0.29, 0.717) is 12.5 Å². The molecule has 6 heteroatoms. The summed E-state index contributed by atoms with van der Waals surface area (Å²) in [5, 5.41) is 3.00. The van der Waals surface area contributed by atoms with Gasteiger partial charge >= 0.3 is 6.03 Å². The molecule has 2 rings (SSSR count). The standard InChI is InChI=1S/C18H26N2O3S/c1-14(16-9-11-17(12-10-16)24(3,22)23)20(2)18(21)19-13-15-7-5-4-6-8-15/h4-5,9-12,14-15H,6-8,13H2,1-3H3,(H,19,21). The summed E-state index contributed by atoms with van der Waals surface area (Å²) in [6, 6.07) is 6.45. The highest BCUT2D eigenvalue weighted by Crippen LogP contribution is 2.21. The number of nitrogens with zero attached hydrogens (tertiary/aromatic N) is 1. The Kier molecular flexibility index (Phi) is 6.04. The van der Waals surface area contributed by atoms with E-state index in [2.05, 4.69) is 17.5 Å². The molecule has 0 radical (unpaired) electrons. The van der Waals surface area contributed by atoms with Crippen LogP contribution in [0.3, 0.4) is 0 Å². The number of benzene rings is 1. The zero-order chi connectivity index (χ0) is 17.7. The second kappa shape index (κ2) is 7.83. The molecule has 1 aliphatic rings. The van der Waals surface area contributed by atoms with Crippen molar-refractivity contribution in [3.05, 3.63) is 42.0 Å². The summed E-state index contributed by atoms with van der Waals surface area (Å²) >= 11 is 0. The molecular formula is C18H26N2O3S. The number of sulfone groups is 1. The van der Waals surface area contributed by atoms with Crippen LogP contribution in [-0.2, 0) is 9.84 Å². The molecule has 0 spiro atoms. The van der Waals surface area contributed by atoms with E-state index in [0.717, 1.165) is 24.8 Å². The van der Waals surface area contributed by atoms with Crippen LogP contribution < -0.4 is 5.32 Å². The molecule has 0 heterocycles. The van der Waals surface area contributed by atoms with Gasteiger partial charge in [0.15, 0.2) is 9.84 Å². The van der Waals surface area contributed by atoms with Gasteiger partial charge in [-0.25, -0.2) is 13.2 Å². The number of urea groups is 1. The number of hydrogen-bond acceptors (Lipinski definition) is 3. The highest BCUT2D eigenvalue weighted by atomic mass is 32.2. The van der Waals surface area contributed by atoms with Crippen LogP contribution in [0.25, 0.3) is 0 Å². The first-order valence-electron chi connectivity index (χ1n) is 8.24. The fraction of sp³-hybridized carbons (Fsp3) is 0.500. The monoisotopic (exact) mass is 350 g/mol. The lowest BCUT2D eigenvalue weighted by Crippen LogP contribution is -2.41. The minimum atomic E-state index is -3.20. The van der Waals surface area contributed by atoms with Crippen LogP contribution in [0.15, 0.2) is 41.3 Å². The van der Waals surface area contributed by atoms with Crippen molar-refractivity contribution in [1.29, 1.82) is 0 Å². The predicted octanol–water partition coefficient (Wildman–Crippen LogP) is 3.15. The van der Waals surface area contributed by atoms with E-state index < -0.39 is 9.84 Å². The Morgan fingerprint density at radius 3 is 2.50 bits per heavy atom. The number of carbonyl (C=O) groups excluding carboxylic acids is 1. The first kappa shape index (κ1) is 18.5. The van der Waals surface area contributed by atoms with Crippen molar-refractivity contribution < 1.29 is 13.2 Å². The van der Waals surface area contributed by atoms with E-state index in [1.165, 1.54) is 6.26 Å². The van der Waals surface area contributed by atoms with Crippen LogP contribution in [0.4, 0.5) is 4.79 Å². The van der Waals surface area contributed by atoms with Gasteiger partial charge in [0, 0.05) is 19.8 Å². The molecule has 1 aliphatic carbocycles. The van der Waals surface area contributed by atoms with E-state index in [9.17, 15) is 13.2 Å². The normalized spacial score (nSPS) is 18.9. The maximum atomic E-state index is 12.3. The van der Waals surface area contributed by atoms with Gasteiger partial charge in [0.25, 0.3) is 0 Å². The molecule has 1 aromatic carbocycles. The number of allylic oxidation sites excluding steroid dienone is 2. The van der Waals surface area contributed by atoms with Crippen molar-refractivity contribution in [3.63, 3.8) is 0 Å². The molecule has 2 unspecified atom stereocenters. The number of carbonyl (C=O) groups is 1. The molecule has 1 aromatic rings. The van der Waals surface area contributed by atoms with Gasteiger partial charge in [0.05, 0.1) is 10.9 Å². The molecule has 0 aromatic heterocycles. The highest BCUT2D eigenvalue weighted by molar-refractivity contribution is 7.90. The molecule has 0 fully saturated rings. The number of hydrogen-bond donors (Lipinski definition) is 1. The topological polar surface area (TPSA) is 66.5 Å². The van der Waals surface area contributed by atoms with Crippen molar-refractivity contribution >= 4 is 15.9 Å². The van der Waals surface area contributed by atoms with Gasteiger partial charge in [-0.3, -0.25) is 0 Å². The summed E-state index contributed by atoms with van der Waals surface area (Å²) in [6.07, 6.45) is 8.77. The molecule has 5 nitrogen and oxygen atoms in total. The largest absolute Gasteiger partial charge is 0.338 e. The van der Waals surface area contributed by atoms with Gasteiger partial charge < -0.3 is 10.2 Å². The lowest BCUT2D eigenvalue weighted by molar-refractivity contribution is 0.192. The number of nitrogens with one attached hydrogen (secondary N) is 1. The summed E-state index contributed by atoms with van der Waals surface area (Å²) in [7, 11) is -1.45. The quantitative estimate of drug-likeness (QED) is 0.830. The van der Waals surface area contributed by atoms with Crippen LogP contribution in [0.5, 0.6) is 0 Å². The van der Waals surface area contributed by atoms with Gasteiger partial charge in [0.2, 0.25) is 0 Å². The molecular weight excluding hydrogens is 324 g/mol. The van der Waals surface area contributed by atoms with Crippen LogP contribution in [0.2, 0.25) is 0 Å². The molecule has 2 amide bonds. The molecule has 0 saturated heterocycles. The van der Waals surface area contributed by atoms with E-state index >= 15 is 0 Å². The molecule has 0 saturated carbocycles. The van der Waals surface area contributed by atoms with Gasteiger partial charge in [0.1, 0.15) is 0 Å². The first-order chi connectivity index (χ1) is 11.3. The Morgan fingerprint density at radius 2 is 1.96 bits per heavy atom. The van der Waals surface area contributed by atoms with E-state index in [1.807, 2.05) is 6.92 Å². The maximum absolute atomic E-state index is 12.3. The molecule has 0 aliphatic heterocycles. The molecule has 0 bridgehead atoms. The Hall–Kier alpha value is -1.82. The SMILES string of the molecule is CC(c1ccc(S(C)(=O)=O)cc1)N(C)C(=O)NCC1CC=CCC1. The number of rotatable bonds is 5. The zero-order valence-corrected chi connectivity index (χ0v) is 15.3. The maximum Gasteiger partial charge on any atom is 0.317 e. The van der Waals surface area contributed by atoms with Crippen molar-refractivity contribution in [1.82, 2.24) is 10.2 Å². The lowest BCUT2D eigenvalue weighted by atomic mass is 9.94. The van der Waals surface area contributed by atoms with Gasteiger partial charge in [-0.15, -0.1) is 0 Å². The zero-order valence-electron chi connectivity index (χ0n) is 14.5. The van der Waals surface area contributed by atoms with Crippen LogP contribution >= 0.6 is 0 Å². The first-order valence-corrected chi connectivity index (χ1v) is 10.1. The van der Waals surface area contributed by atoms with Gasteiger partial charge in [-0.1, -0.05) is 24.3 Å². The van der Waals surface area contributed by atoms with Crippen molar-refractivity contribution in [2.45, 2.75) is 37.1 Å². The van der Waals surface area contributed by atoms with Crippen molar-refractivity contribution in [2.75, 3.05) is 19.8 Å². The average Bonchev–Trinajstić information content (AvgIpc) is 2.58. The average molecular weight is 350 g/mol. The second-order valence-corrected chi connectivity index (χ2v) is 8.48. The summed E-state index contributed by atoms with van der Waals surface area (Å²) in [4.78, 5) is 14.3. The van der Waals surface area contributed by atoms with Crippen molar-refractivity contribution in [2.24, 2.45) is 5.92 Å². The van der Waals surface area contributed by atoms with Gasteiger partial charge in [-0.05, 0) is 49.8 Å². The summed E-state index contributed by atoms with van der Waals surface area (Å²) < 4.78 is 23.0. The fourth-order valence-corrected chi connectivity index (χ4v) is 3.42. The third-order valence-corrected chi connectivity index (χ3v) is 5.74. The Balaban J connectivity index is 1.93. The van der Waals surface area contributed by atoms with Crippen LogP contribution in [0, 0.1) is 5.92 Å². The molecule has 132 valence electrons. The minimum absolute atomic E-state index is 0.107. The fourth-order valence-electron chi connectivity index (χ4n) is 2.79. The van der Waals surface area contributed by atoms with E-state index in [4.69, 9.17) is 0 Å². The molecule has 2 atom stereocenters. The smallest absolute Gasteiger partial charge is 0.317 e. The highest BCUT2D eigenvalue weighted by Gasteiger charge is 2.19. The lowest BCUT2D eigenvalue weighted by Gasteiger charge is -2.27. The summed E-state index contributed by atoms with van der Waals surface area (Å²) in [5.74, 6) is 0.511. The Labute approximate surface area is 144 Å². The minimum Gasteiger partial charge on any atom is -0.338 e. The van der Waals surface area contributed by atoms with Gasteiger partial charge in [-0.2, -0.15) is 0 Å². The molecule has 24 heavy (non-hydrogen) atoms. The van der Waals surface area contributed by atoms with Crippen LogP contribution in [0.1, 0.15) is 37.8 Å². The van der Waals surface area contributed by atoms with Crippen LogP contribution in [-0.4, -0.2) is 39.2 Å². The summed E-state index contributed by atoms with van der Waals surface area (Å²) in [6.45, 7) is 2.62. The van der Waals surface area contributed by atoms with Crippen molar-refractivity contribution in [3.8, 4) is 0 Å². The Morgan fingerprint density at radius 1 is 1.29 bits per heavy atom. The molecule has 1 N–H and O–H groups in total. The third-order valence-electron chi connectivity index (χ3n) is 4.61. The summed E-state index contributed by atoms with van der Waals surface area (Å²) in [5.41, 5.74) is 0.903. The number of amides is 2. The predicted molar refractivity (Wildman–Crippen MR) is 95.6 cm³/mol. The third kappa shape index (κ3) is 4.84.